The lowest BCUT2D eigenvalue weighted by atomic mass is 10.1. The SMILES string of the molecule is NC(=S)NNC(=O)CCN1C(=O)c2ccccc2C1=O. The summed E-state index contributed by atoms with van der Waals surface area (Å²) in [6, 6.07) is 6.55. The number of hydrazine groups is 1. The first-order valence-corrected chi connectivity index (χ1v) is 6.21. The third-order valence-corrected chi connectivity index (χ3v) is 2.87. The third-order valence-electron chi connectivity index (χ3n) is 2.77. The van der Waals surface area contributed by atoms with E-state index in [1.54, 1.807) is 24.3 Å². The molecule has 1 heterocycles. The first-order chi connectivity index (χ1) is 9.50. The number of nitrogens with two attached hydrogens (primary N) is 1. The zero-order chi connectivity index (χ0) is 14.7. The van der Waals surface area contributed by atoms with Crippen LogP contribution in [0.1, 0.15) is 27.1 Å². The van der Waals surface area contributed by atoms with E-state index in [9.17, 15) is 14.4 Å². The van der Waals surface area contributed by atoms with Crippen LogP contribution in [0.5, 0.6) is 0 Å². The van der Waals surface area contributed by atoms with E-state index in [4.69, 9.17) is 5.73 Å². The smallest absolute Gasteiger partial charge is 0.261 e. The van der Waals surface area contributed by atoms with Crippen LogP contribution in [0.2, 0.25) is 0 Å². The van der Waals surface area contributed by atoms with Gasteiger partial charge >= 0.3 is 0 Å². The zero-order valence-corrected chi connectivity index (χ0v) is 11.2. The normalized spacial score (nSPS) is 13.1. The highest BCUT2D eigenvalue weighted by molar-refractivity contribution is 7.80. The molecule has 0 radical (unpaired) electrons. The Bertz CT molecular complexity index is 567. The number of hydrogen-bond acceptors (Lipinski definition) is 4. The molecule has 1 aromatic rings. The van der Waals surface area contributed by atoms with Crippen LogP contribution in [0.3, 0.4) is 0 Å². The molecule has 8 heteroatoms. The van der Waals surface area contributed by atoms with E-state index in [0.717, 1.165) is 4.90 Å². The summed E-state index contributed by atoms with van der Waals surface area (Å²) in [6.07, 6.45) is -0.0406. The van der Waals surface area contributed by atoms with Crippen molar-refractivity contribution in [3.8, 4) is 0 Å². The molecule has 0 spiro atoms. The summed E-state index contributed by atoms with van der Waals surface area (Å²) in [6.45, 7) is -0.00278. The van der Waals surface area contributed by atoms with Gasteiger partial charge in [-0.05, 0) is 24.4 Å². The van der Waals surface area contributed by atoms with Crippen LogP contribution in [-0.4, -0.2) is 34.3 Å². The molecule has 20 heavy (non-hydrogen) atoms. The monoisotopic (exact) mass is 292 g/mol. The summed E-state index contributed by atoms with van der Waals surface area (Å²) in [5.74, 6) is -1.20. The fraction of sp³-hybridized carbons (Fsp3) is 0.167. The van der Waals surface area contributed by atoms with E-state index in [1.165, 1.54) is 0 Å². The Balaban J connectivity index is 1.96. The lowest BCUT2D eigenvalue weighted by molar-refractivity contribution is -0.121. The number of nitrogens with one attached hydrogen (secondary N) is 2. The molecule has 0 saturated heterocycles. The average molecular weight is 292 g/mol. The first kappa shape index (κ1) is 13.9. The van der Waals surface area contributed by atoms with Crippen LogP contribution < -0.4 is 16.6 Å². The van der Waals surface area contributed by atoms with Gasteiger partial charge in [-0.25, -0.2) is 0 Å². The van der Waals surface area contributed by atoms with E-state index >= 15 is 0 Å². The molecule has 104 valence electrons. The molecule has 4 N–H and O–H groups in total. The second-order valence-electron chi connectivity index (χ2n) is 4.09. The lowest BCUT2D eigenvalue weighted by Gasteiger charge is -2.13. The number of carbonyl (C=O) groups is 3. The fourth-order valence-corrected chi connectivity index (χ4v) is 1.90. The maximum absolute atomic E-state index is 12.0. The molecule has 7 nitrogen and oxygen atoms in total. The Hall–Kier alpha value is -2.48. The minimum absolute atomic E-state index is 0.00278. The number of hydrogen-bond donors (Lipinski definition) is 3. The van der Waals surface area contributed by atoms with Crippen molar-refractivity contribution in [1.82, 2.24) is 15.8 Å². The molecule has 2 rings (SSSR count). The molecular weight excluding hydrogens is 280 g/mol. The summed E-state index contributed by atoms with van der Waals surface area (Å²) in [7, 11) is 0. The molecule has 0 aromatic heterocycles. The Morgan fingerprint density at radius 3 is 2.20 bits per heavy atom. The Labute approximate surface area is 120 Å². The number of imide groups is 1. The van der Waals surface area contributed by atoms with Gasteiger partial charge in [-0.2, -0.15) is 0 Å². The largest absolute Gasteiger partial charge is 0.375 e. The van der Waals surface area contributed by atoms with E-state index in [-0.39, 0.29) is 29.9 Å². The van der Waals surface area contributed by atoms with Crippen molar-refractivity contribution in [3.63, 3.8) is 0 Å². The summed E-state index contributed by atoms with van der Waals surface area (Å²) in [5.41, 5.74) is 10.4. The molecule has 1 aliphatic heterocycles. The van der Waals surface area contributed by atoms with Crippen molar-refractivity contribution in [3.05, 3.63) is 35.4 Å². The van der Waals surface area contributed by atoms with Crippen molar-refractivity contribution in [2.24, 2.45) is 5.73 Å². The van der Waals surface area contributed by atoms with Crippen LogP contribution in [0.4, 0.5) is 0 Å². The van der Waals surface area contributed by atoms with Gasteiger partial charge in [-0.15, -0.1) is 0 Å². The summed E-state index contributed by atoms with van der Waals surface area (Å²) in [4.78, 5) is 36.5. The van der Waals surface area contributed by atoms with Gasteiger partial charge in [0.25, 0.3) is 11.8 Å². The van der Waals surface area contributed by atoms with Crippen LogP contribution >= 0.6 is 12.2 Å². The Morgan fingerprint density at radius 2 is 1.70 bits per heavy atom. The van der Waals surface area contributed by atoms with E-state index in [0.29, 0.717) is 11.1 Å². The van der Waals surface area contributed by atoms with Gasteiger partial charge in [0.2, 0.25) is 5.91 Å². The molecule has 0 aliphatic carbocycles. The topological polar surface area (TPSA) is 105 Å². The molecule has 3 amide bonds. The number of benzene rings is 1. The third kappa shape index (κ3) is 2.75. The predicted molar refractivity (Wildman–Crippen MR) is 74.5 cm³/mol. The summed E-state index contributed by atoms with van der Waals surface area (Å²) in [5, 5.41) is -0.0703. The molecule has 0 fully saturated rings. The second-order valence-corrected chi connectivity index (χ2v) is 4.53. The second kappa shape index (κ2) is 5.66. The molecule has 0 unspecified atom stereocenters. The maximum Gasteiger partial charge on any atom is 0.261 e. The van der Waals surface area contributed by atoms with Gasteiger partial charge in [0.1, 0.15) is 0 Å². The minimum atomic E-state index is -0.422. The molecule has 1 aromatic carbocycles. The van der Waals surface area contributed by atoms with Gasteiger partial charge in [0.05, 0.1) is 11.1 Å². The van der Waals surface area contributed by atoms with E-state index < -0.39 is 5.91 Å². The number of carbonyl (C=O) groups excluding carboxylic acids is 3. The van der Waals surface area contributed by atoms with Gasteiger partial charge in [0, 0.05) is 13.0 Å². The van der Waals surface area contributed by atoms with Gasteiger partial charge < -0.3 is 5.73 Å². The molecule has 1 aliphatic rings. The van der Waals surface area contributed by atoms with Crippen molar-refractivity contribution >= 4 is 35.1 Å². The zero-order valence-electron chi connectivity index (χ0n) is 10.4. The van der Waals surface area contributed by atoms with Crippen LogP contribution in [0.15, 0.2) is 24.3 Å². The number of amides is 3. The van der Waals surface area contributed by atoms with Crippen molar-refractivity contribution in [1.29, 1.82) is 0 Å². The summed E-state index contributed by atoms with van der Waals surface area (Å²) < 4.78 is 0. The Kier molecular flexibility index (Phi) is 3.94. The highest BCUT2D eigenvalue weighted by Crippen LogP contribution is 2.22. The van der Waals surface area contributed by atoms with Gasteiger partial charge in [-0.3, -0.25) is 30.1 Å². The van der Waals surface area contributed by atoms with Crippen molar-refractivity contribution < 1.29 is 14.4 Å². The minimum Gasteiger partial charge on any atom is -0.375 e. The van der Waals surface area contributed by atoms with Crippen LogP contribution in [-0.2, 0) is 4.79 Å². The quantitative estimate of drug-likeness (QED) is 0.395. The predicted octanol–water partition coefficient (Wildman–Crippen LogP) is -0.463. The molecule has 0 saturated carbocycles. The number of thiocarbonyl (C=S) groups is 1. The summed E-state index contributed by atoms with van der Waals surface area (Å²) >= 11 is 4.52. The molecular formula is C12H12N4O3S. The lowest BCUT2D eigenvalue weighted by Crippen LogP contribution is -2.45. The van der Waals surface area contributed by atoms with Crippen LogP contribution in [0, 0.1) is 0 Å². The van der Waals surface area contributed by atoms with Gasteiger partial charge in [0.15, 0.2) is 5.11 Å². The standard InChI is InChI=1S/C12H12N4O3S/c13-12(20)15-14-9(17)5-6-16-10(18)7-3-1-2-4-8(7)11(16)19/h1-4H,5-6H2,(H,14,17)(H3,13,15,20). The fourth-order valence-electron chi connectivity index (χ4n) is 1.85. The van der Waals surface area contributed by atoms with Gasteiger partial charge in [-0.1, -0.05) is 12.1 Å². The van der Waals surface area contributed by atoms with E-state index in [1.807, 2.05) is 0 Å². The highest BCUT2D eigenvalue weighted by Gasteiger charge is 2.34. The number of nitrogens with zero attached hydrogens (tertiary/aromatic N) is 1. The van der Waals surface area contributed by atoms with E-state index in [2.05, 4.69) is 23.1 Å². The average Bonchev–Trinajstić information content (AvgIpc) is 2.67. The van der Waals surface area contributed by atoms with Crippen LogP contribution in [0.25, 0.3) is 0 Å². The number of rotatable bonds is 3. The molecule has 0 atom stereocenters. The first-order valence-electron chi connectivity index (χ1n) is 5.80. The maximum atomic E-state index is 12.0. The van der Waals surface area contributed by atoms with Crippen molar-refractivity contribution in [2.45, 2.75) is 6.42 Å². The Morgan fingerprint density at radius 1 is 1.15 bits per heavy atom. The van der Waals surface area contributed by atoms with Crippen molar-refractivity contribution in [2.75, 3.05) is 6.54 Å². The molecule has 0 bridgehead atoms. The number of fused-ring (bicyclic) bond motifs is 1. The highest BCUT2D eigenvalue weighted by atomic mass is 32.1.